The van der Waals surface area contributed by atoms with Gasteiger partial charge in [0.25, 0.3) is 5.82 Å². The lowest BCUT2D eigenvalue weighted by Crippen LogP contribution is -2.09. The molecule has 1 saturated carbocycles. The normalized spacial score (nSPS) is 15.6. The quantitative estimate of drug-likeness (QED) is 0.858. The van der Waals surface area contributed by atoms with Gasteiger partial charge in [-0.2, -0.15) is 13.2 Å². The highest BCUT2D eigenvalue weighted by molar-refractivity contribution is 5.44. The van der Waals surface area contributed by atoms with Gasteiger partial charge < -0.3 is 0 Å². The minimum atomic E-state index is -4.51. The smallest absolute Gasteiger partial charge is 0.220 e. The van der Waals surface area contributed by atoms with Crippen LogP contribution < -0.4 is 0 Å². The summed E-state index contributed by atoms with van der Waals surface area (Å²) in [6.45, 7) is 1.98. The Kier molecular flexibility index (Phi) is 3.03. The summed E-state index contributed by atoms with van der Waals surface area (Å²) in [4.78, 5) is 3.34. The van der Waals surface area contributed by atoms with Gasteiger partial charge >= 0.3 is 6.18 Å². The molecular formula is C14H14F3N3. The zero-order chi connectivity index (χ0) is 14.3. The highest BCUT2D eigenvalue weighted by Crippen LogP contribution is 2.40. The Bertz CT molecular complexity index is 627. The molecule has 2 aromatic rings. The number of hydrogen-bond acceptors (Lipinski definition) is 2. The molecule has 1 aliphatic rings. The molecule has 106 valence electrons. The third-order valence-electron chi connectivity index (χ3n) is 3.53. The van der Waals surface area contributed by atoms with Crippen LogP contribution in [-0.2, 0) is 12.6 Å². The third-order valence-corrected chi connectivity index (χ3v) is 3.53. The van der Waals surface area contributed by atoms with Crippen molar-refractivity contribution < 1.29 is 13.2 Å². The van der Waals surface area contributed by atoms with Gasteiger partial charge in [-0.3, -0.25) is 0 Å². The highest BCUT2D eigenvalue weighted by Gasteiger charge is 2.36. The summed E-state index contributed by atoms with van der Waals surface area (Å²) < 4.78 is 38.8. The summed E-state index contributed by atoms with van der Waals surface area (Å²) in [6, 6.07) is 5.88. The Balaban J connectivity index is 1.98. The second-order valence-electron chi connectivity index (χ2n) is 5.03. The molecule has 0 aliphatic heterocycles. The third kappa shape index (κ3) is 2.42. The second-order valence-corrected chi connectivity index (χ2v) is 5.03. The lowest BCUT2D eigenvalue weighted by Gasteiger charge is -2.09. The van der Waals surface area contributed by atoms with Crippen LogP contribution in [0, 0.1) is 0 Å². The Hall–Kier alpha value is -1.85. The summed E-state index contributed by atoms with van der Waals surface area (Å²) >= 11 is 0. The first kappa shape index (κ1) is 13.1. The van der Waals surface area contributed by atoms with E-state index in [1.165, 1.54) is 23.1 Å². The van der Waals surface area contributed by atoms with Crippen molar-refractivity contribution >= 4 is 0 Å². The van der Waals surface area contributed by atoms with E-state index in [0.29, 0.717) is 11.6 Å². The molecule has 6 heteroatoms. The van der Waals surface area contributed by atoms with Crippen LogP contribution in [0.4, 0.5) is 13.2 Å². The van der Waals surface area contributed by atoms with E-state index in [9.17, 15) is 13.2 Å². The van der Waals surface area contributed by atoms with Crippen molar-refractivity contribution in [3.8, 4) is 5.69 Å². The molecule has 0 amide bonds. The summed E-state index contributed by atoms with van der Waals surface area (Å²) in [7, 11) is 0. The van der Waals surface area contributed by atoms with Crippen molar-refractivity contribution in [3.63, 3.8) is 0 Å². The van der Waals surface area contributed by atoms with Crippen LogP contribution in [-0.4, -0.2) is 14.8 Å². The predicted molar refractivity (Wildman–Crippen MR) is 67.7 cm³/mol. The lowest BCUT2D eigenvalue weighted by molar-refractivity contribution is -0.144. The molecule has 0 unspecified atom stereocenters. The number of nitrogens with zero attached hydrogens (tertiary/aromatic N) is 3. The number of halogens is 3. The second kappa shape index (κ2) is 4.61. The lowest BCUT2D eigenvalue weighted by atomic mass is 10.0. The van der Waals surface area contributed by atoms with Crippen LogP contribution in [0.5, 0.6) is 0 Å². The van der Waals surface area contributed by atoms with Crippen molar-refractivity contribution in [2.24, 2.45) is 0 Å². The fourth-order valence-corrected chi connectivity index (χ4v) is 2.29. The highest BCUT2D eigenvalue weighted by atomic mass is 19.4. The van der Waals surface area contributed by atoms with Crippen molar-refractivity contribution in [1.82, 2.24) is 14.8 Å². The van der Waals surface area contributed by atoms with Gasteiger partial charge in [0.15, 0.2) is 0 Å². The summed E-state index contributed by atoms with van der Waals surface area (Å²) in [6.07, 6.45) is -0.245. The summed E-state index contributed by atoms with van der Waals surface area (Å²) in [5.41, 5.74) is 2.93. The van der Waals surface area contributed by atoms with Gasteiger partial charge in [-0.1, -0.05) is 19.1 Å². The van der Waals surface area contributed by atoms with E-state index in [-0.39, 0.29) is 0 Å². The average molecular weight is 281 g/mol. The molecule has 3 rings (SSSR count). The largest absolute Gasteiger partial charge is 0.453 e. The fraction of sp³-hybridized carbons (Fsp3) is 0.429. The first-order valence-corrected chi connectivity index (χ1v) is 6.61. The standard InChI is InChI=1S/C14H14F3N3/c1-2-9-7-11(10-3-4-10)5-6-12(9)20-8-18-13(19-20)14(15,16)17/h5-8,10H,2-4H2,1H3. The number of rotatable bonds is 3. The molecule has 0 radical (unpaired) electrons. The number of aryl methyl sites for hydroxylation is 1. The molecule has 0 spiro atoms. The molecule has 0 N–H and O–H groups in total. The fourth-order valence-electron chi connectivity index (χ4n) is 2.29. The number of benzene rings is 1. The molecule has 0 atom stereocenters. The van der Waals surface area contributed by atoms with Crippen LogP contribution in [0.15, 0.2) is 24.5 Å². The maximum absolute atomic E-state index is 12.5. The van der Waals surface area contributed by atoms with Crippen LogP contribution in [0.25, 0.3) is 5.69 Å². The van der Waals surface area contributed by atoms with Gasteiger partial charge in [-0.05, 0) is 42.4 Å². The van der Waals surface area contributed by atoms with E-state index in [0.717, 1.165) is 18.3 Å². The molecule has 1 fully saturated rings. The monoisotopic (exact) mass is 281 g/mol. The van der Waals surface area contributed by atoms with Crippen molar-refractivity contribution in [2.75, 3.05) is 0 Å². The van der Waals surface area contributed by atoms with Crippen LogP contribution in [0.1, 0.15) is 42.6 Å². The Morgan fingerprint density at radius 2 is 2.05 bits per heavy atom. The van der Waals surface area contributed by atoms with E-state index in [4.69, 9.17) is 0 Å². The molecule has 0 bridgehead atoms. The van der Waals surface area contributed by atoms with E-state index in [2.05, 4.69) is 16.1 Å². The van der Waals surface area contributed by atoms with Gasteiger partial charge in [0, 0.05) is 0 Å². The number of alkyl halides is 3. The minimum Gasteiger partial charge on any atom is -0.220 e. The maximum Gasteiger partial charge on any atom is 0.453 e. The Labute approximate surface area is 114 Å². The molecule has 1 aliphatic carbocycles. The number of hydrogen-bond donors (Lipinski definition) is 0. The zero-order valence-electron chi connectivity index (χ0n) is 11.0. The van der Waals surface area contributed by atoms with Gasteiger partial charge in [0.2, 0.25) is 0 Å². The van der Waals surface area contributed by atoms with E-state index in [1.807, 2.05) is 19.1 Å². The van der Waals surface area contributed by atoms with E-state index in [1.54, 1.807) is 0 Å². The van der Waals surface area contributed by atoms with Gasteiger partial charge in [0.1, 0.15) is 6.33 Å². The molecule has 1 aromatic carbocycles. The van der Waals surface area contributed by atoms with Crippen molar-refractivity contribution in [2.45, 2.75) is 38.3 Å². The summed E-state index contributed by atoms with van der Waals surface area (Å²) in [5.74, 6) is -0.485. The van der Waals surface area contributed by atoms with Gasteiger partial charge in [-0.25, -0.2) is 9.67 Å². The van der Waals surface area contributed by atoms with Gasteiger partial charge in [-0.15, -0.1) is 5.10 Å². The predicted octanol–water partition coefficient (Wildman–Crippen LogP) is 3.73. The first-order chi connectivity index (χ1) is 9.49. The van der Waals surface area contributed by atoms with E-state index >= 15 is 0 Å². The summed E-state index contributed by atoms with van der Waals surface area (Å²) in [5, 5.41) is 3.53. The molecule has 3 nitrogen and oxygen atoms in total. The molecule has 1 heterocycles. The van der Waals surface area contributed by atoms with Crippen LogP contribution in [0.3, 0.4) is 0 Å². The van der Waals surface area contributed by atoms with Gasteiger partial charge in [0.05, 0.1) is 5.69 Å². The zero-order valence-corrected chi connectivity index (χ0v) is 11.0. The minimum absolute atomic E-state index is 0.621. The maximum atomic E-state index is 12.5. The number of aromatic nitrogens is 3. The Morgan fingerprint density at radius 1 is 1.30 bits per heavy atom. The van der Waals surface area contributed by atoms with Crippen LogP contribution >= 0.6 is 0 Å². The van der Waals surface area contributed by atoms with E-state index < -0.39 is 12.0 Å². The molecule has 20 heavy (non-hydrogen) atoms. The SMILES string of the molecule is CCc1cc(C2CC2)ccc1-n1cnc(C(F)(F)F)n1. The topological polar surface area (TPSA) is 30.7 Å². The average Bonchev–Trinajstić information content (AvgIpc) is 3.13. The first-order valence-electron chi connectivity index (χ1n) is 6.61. The van der Waals surface area contributed by atoms with Crippen LogP contribution in [0.2, 0.25) is 0 Å². The molecular weight excluding hydrogens is 267 g/mol. The molecule has 0 saturated heterocycles. The van der Waals surface area contributed by atoms with Crippen molar-refractivity contribution in [1.29, 1.82) is 0 Å². The Morgan fingerprint density at radius 3 is 2.60 bits per heavy atom. The molecule has 1 aromatic heterocycles. The van der Waals surface area contributed by atoms with Crippen molar-refractivity contribution in [3.05, 3.63) is 41.5 Å².